The molecule has 180 valence electrons. The zero-order valence-electron chi connectivity index (χ0n) is 20.0. The van der Waals surface area contributed by atoms with Crippen LogP contribution in [0.25, 0.3) is 11.4 Å². The van der Waals surface area contributed by atoms with Gasteiger partial charge in [-0.3, -0.25) is 9.59 Å². The molecule has 0 spiro atoms. The lowest BCUT2D eigenvalue weighted by Crippen LogP contribution is -2.57. The molecule has 1 aromatic carbocycles. The molecule has 2 aromatic rings. The Labute approximate surface area is 192 Å². The van der Waals surface area contributed by atoms with Gasteiger partial charge in [-0.05, 0) is 44.4 Å². The molecule has 9 heteroatoms. The largest absolute Gasteiger partial charge is 0.379 e. The van der Waals surface area contributed by atoms with Gasteiger partial charge in [0.1, 0.15) is 17.6 Å². The number of amides is 2. The van der Waals surface area contributed by atoms with Crippen LogP contribution in [0.5, 0.6) is 0 Å². The highest BCUT2D eigenvalue weighted by molar-refractivity contribution is 5.98. The monoisotopic (exact) mass is 462 g/mol. The number of hydrogen-bond donors (Lipinski definition) is 2. The fourth-order valence-corrected chi connectivity index (χ4v) is 3.76. The van der Waals surface area contributed by atoms with E-state index in [-0.39, 0.29) is 11.6 Å². The van der Waals surface area contributed by atoms with Crippen molar-refractivity contribution in [3.8, 4) is 11.4 Å². The van der Waals surface area contributed by atoms with E-state index in [0.717, 1.165) is 12.1 Å². The minimum atomic E-state index is -0.993. The maximum Gasteiger partial charge on any atom is 0.272 e. The third-order valence-corrected chi connectivity index (χ3v) is 5.31. The molecule has 0 radical (unpaired) electrons. The Kier molecular flexibility index (Phi) is 6.93. The van der Waals surface area contributed by atoms with Gasteiger partial charge in [0.25, 0.3) is 5.91 Å². The van der Waals surface area contributed by atoms with E-state index in [2.05, 4.69) is 15.6 Å². The van der Waals surface area contributed by atoms with Crippen molar-refractivity contribution in [1.29, 1.82) is 0 Å². The van der Waals surface area contributed by atoms with Crippen molar-refractivity contribution in [2.45, 2.75) is 66.1 Å². The Morgan fingerprint density at radius 1 is 1.09 bits per heavy atom. The van der Waals surface area contributed by atoms with Crippen molar-refractivity contribution >= 4 is 11.8 Å². The Morgan fingerprint density at radius 3 is 2.39 bits per heavy atom. The summed E-state index contributed by atoms with van der Waals surface area (Å²) in [6.07, 6.45) is 0.424. The predicted octanol–water partition coefficient (Wildman–Crippen LogP) is 3.46. The summed E-state index contributed by atoms with van der Waals surface area (Å²) in [6.45, 7) is 12.4. The molecule has 3 rings (SSSR count). The summed E-state index contributed by atoms with van der Waals surface area (Å²) in [5.41, 5.74) is 0.113. The summed E-state index contributed by atoms with van der Waals surface area (Å²) in [5.74, 6) is -2.39. The van der Waals surface area contributed by atoms with Gasteiger partial charge in [-0.25, -0.2) is 13.8 Å². The second-order valence-electron chi connectivity index (χ2n) is 10.4. The number of carbonyl (C=O) groups is 2. The van der Waals surface area contributed by atoms with Crippen LogP contribution >= 0.6 is 0 Å². The van der Waals surface area contributed by atoms with Gasteiger partial charge in [0.2, 0.25) is 5.91 Å². The van der Waals surface area contributed by atoms with Crippen molar-refractivity contribution in [1.82, 2.24) is 20.2 Å². The highest BCUT2D eigenvalue weighted by atomic mass is 19.2. The summed E-state index contributed by atoms with van der Waals surface area (Å²) in [7, 11) is 0. The van der Waals surface area contributed by atoms with E-state index in [9.17, 15) is 18.4 Å². The lowest BCUT2D eigenvalue weighted by molar-refractivity contribution is -0.126. The number of halogens is 2. The Morgan fingerprint density at radius 2 is 1.79 bits per heavy atom. The van der Waals surface area contributed by atoms with Crippen LogP contribution in [-0.4, -0.2) is 46.2 Å². The third kappa shape index (κ3) is 5.76. The first-order valence-corrected chi connectivity index (χ1v) is 11.0. The molecule has 2 heterocycles. The summed E-state index contributed by atoms with van der Waals surface area (Å²) >= 11 is 0. The van der Waals surface area contributed by atoms with Crippen molar-refractivity contribution < 1.29 is 23.1 Å². The van der Waals surface area contributed by atoms with Crippen LogP contribution in [0.15, 0.2) is 18.2 Å². The zero-order chi connectivity index (χ0) is 24.6. The molecule has 1 aromatic heterocycles. The van der Waals surface area contributed by atoms with Crippen LogP contribution < -0.4 is 10.6 Å². The number of imidazole rings is 1. The molecule has 0 saturated carbocycles. The van der Waals surface area contributed by atoms with E-state index in [1.807, 2.05) is 41.5 Å². The number of aromatic nitrogens is 2. The average molecular weight is 463 g/mol. The quantitative estimate of drug-likeness (QED) is 0.729. The van der Waals surface area contributed by atoms with Gasteiger partial charge in [0.15, 0.2) is 11.6 Å². The van der Waals surface area contributed by atoms with Gasteiger partial charge in [0, 0.05) is 24.1 Å². The smallest absolute Gasteiger partial charge is 0.272 e. The highest BCUT2D eigenvalue weighted by Crippen LogP contribution is 2.27. The van der Waals surface area contributed by atoms with E-state index >= 15 is 0 Å². The Balaban J connectivity index is 2.00. The predicted molar refractivity (Wildman–Crippen MR) is 121 cm³/mol. The molecule has 2 amide bonds. The third-order valence-electron chi connectivity index (χ3n) is 5.31. The lowest BCUT2D eigenvalue weighted by Gasteiger charge is -2.33. The van der Waals surface area contributed by atoms with Gasteiger partial charge in [0.05, 0.1) is 18.9 Å². The molecule has 0 bridgehead atoms. The Hall–Kier alpha value is -2.81. The number of rotatable bonds is 4. The molecule has 33 heavy (non-hydrogen) atoms. The first-order chi connectivity index (χ1) is 15.3. The maximum atomic E-state index is 13.9. The fraction of sp³-hybridized carbons (Fsp3) is 0.542. The van der Waals surface area contributed by atoms with Gasteiger partial charge < -0.3 is 19.9 Å². The Bertz CT molecular complexity index is 1050. The van der Waals surface area contributed by atoms with E-state index in [4.69, 9.17) is 4.74 Å². The number of nitrogens with zero attached hydrogens (tertiary/aromatic N) is 2. The topological polar surface area (TPSA) is 85.3 Å². The molecule has 1 atom stereocenters. The van der Waals surface area contributed by atoms with Gasteiger partial charge in [-0.15, -0.1) is 0 Å². The molecular weight excluding hydrogens is 430 g/mol. The average Bonchev–Trinajstić information content (AvgIpc) is 2.87. The molecule has 0 aliphatic carbocycles. The molecule has 1 aliphatic heterocycles. The number of fused-ring (bicyclic) bond motifs is 1. The second kappa shape index (κ2) is 9.21. The summed E-state index contributed by atoms with van der Waals surface area (Å²) < 4.78 is 34.7. The minimum Gasteiger partial charge on any atom is -0.379 e. The number of hydrogen-bond acceptors (Lipinski definition) is 4. The van der Waals surface area contributed by atoms with Gasteiger partial charge in [-0.1, -0.05) is 20.8 Å². The standard InChI is InChI=1S/C24H32F2N4O3/c1-23(2,3)19(22(32)29-24(4,5)6)28-21(31)18-17-9-11-33-12-10-30(17)20(27-18)14-7-8-15(25)16(26)13-14/h7-8,13,19H,9-12H2,1-6H3,(H,28,31)(H,29,32)/t19-/m1/s1. The molecule has 1 aliphatic rings. The van der Waals surface area contributed by atoms with E-state index in [1.54, 1.807) is 4.57 Å². The van der Waals surface area contributed by atoms with Crippen molar-refractivity contribution in [3.05, 3.63) is 41.2 Å². The second-order valence-corrected chi connectivity index (χ2v) is 10.4. The van der Waals surface area contributed by atoms with E-state index in [0.29, 0.717) is 43.3 Å². The molecule has 0 fully saturated rings. The molecule has 0 unspecified atom stereocenters. The normalized spacial score (nSPS) is 15.4. The van der Waals surface area contributed by atoms with Crippen LogP contribution in [0.2, 0.25) is 0 Å². The summed E-state index contributed by atoms with van der Waals surface area (Å²) in [5, 5.41) is 5.77. The minimum absolute atomic E-state index is 0.151. The van der Waals surface area contributed by atoms with Gasteiger partial charge >= 0.3 is 0 Å². The van der Waals surface area contributed by atoms with Crippen molar-refractivity contribution in [2.24, 2.45) is 5.41 Å². The first-order valence-electron chi connectivity index (χ1n) is 11.0. The number of benzene rings is 1. The van der Waals surface area contributed by atoms with Crippen LogP contribution in [0, 0.1) is 17.0 Å². The zero-order valence-corrected chi connectivity index (χ0v) is 20.0. The molecule has 2 N–H and O–H groups in total. The van der Waals surface area contributed by atoms with Crippen LogP contribution in [-0.2, 0) is 22.5 Å². The summed E-state index contributed by atoms with van der Waals surface area (Å²) in [6, 6.07) is 2.71. The molecular formula is C24H32F2N4O3. The number of ether oxygens (including phenoxy) is 1. The lowest BCUT2D eigenvalue weighted by atomic mass is 9.85. The SMILES string of the molecule is CC(C)(C)NC(=O)[C@@H](NC(=O)c1nc(-c2ccc(F)c(F)c2)n2c1CCOCC2)C(C)(C)C. The van der Waals surface area contributed by atoms with Crippen molar-refractivity contribution in [2.75, 3.05) is 13.2 Å². The van der Waals surface area contributed by atoms with Crippen LogP contribution in [0.3, 0.4) is 0 Å². The molecule has 0 saturated heterocycles. The van der Waals surface area contributed by atoms with Crippen LogP contribution in [0.1, 0.15) is 57.7 Å². The number of nitrogens with one attached hydrogen (secondary N) is 2. The van der Waals surface area contributed by atoms with Crippen LogP contribution in [0.4, 0.5) is 8.78 Å². The summed E-state index contributed by atoms with van der Waals surface area (Å²) in [4.78, 5) is 30.9. The highest BCUT2D eigenvalue weighted by Gasteiger charge is 2.36. The maximum absolute atomic E-state index is 13.9. The molecule has 7 nitrogen and oxygen atoms in total. The van der Waals surface area contributed by atoms with E-state index in [1.165, 1.54) is 6.07 Å². The van der Waals surface area contributed by atoms with Gasteiger partial charge in [-0.2, -0.15) is 0 Å². The first kappa shape index (κ1) is 24.8. The fourth-order valence-electron chi connectivity index (χ4n) is 3.76. The van der Waals surface area contributed by atoms with Crippen molar-refractivity contribution in [3.63, 3.8) is 0 Å². The van der Waals surface area contributed by atoms with E-state index < -0.39 is 34.5 Å². The number of carbonyl (C=O) groups excluding carboxylic acids is 2.